The summed E-state index contributed by atoms with van der Waals surface area (Å²) in [5, 5.41) is 8.99. The van der Waals surface area contributed by atoms with E-state index in [-0.39, 0.29) is 12.0 Å². The molecule has 1 aliphatic rings. The molecule has 128 valence electrons. The van der Waals surface area contributed by atoms with E-state index in [9.17, 15) is 4.79 Å². The van der Waals surface area contributed by atoms with Gasteiger partial charge in [0.05, 0.1) is 30.4 Å². The van der Waals surface area contributed by atoms with Crippen molar-refractivity contribution < 1.29 is 9.53 Å². The first-order valence-electron chi connectivity index (χ1n) is 8.38. The summed E-state index contributed by atoms with van der Waals surface area (Å²) in [7, 11) is 1.77. The van der Waals surface area contributed by atoms with Gasteiger partial charge in [-0.05, 0) is 37.3 Å². The third-order valence-corrected chi connectivity index (χ3v) is 4.37. The molecule has 1 atom stereocenters. The van der Waals surface area contributed by atoms with Gasteiger partial charge in [0.15, 0.2) is 0 Å². The standard InChI is InChI=1S/C20H21N3O2/c1-3-23-14-17(25-19-10-5-4-9-18(19)23)13-22(2)20(24)16-8-6-7-15(11-16)12-21/h4-11,17H,3,13-14H2,1-2H3/t17-/m1/s1. The number of hydrogen-bond donors (Lipinski definition) is 0. The number of likely N-dealkylation sites (N-methyl/N-ethyl adjacent to an activating group) is 2. The van der Waals surface area contributed by atoms with E-state index in [0.29, 0.717) is 17.7 Å². The molecule has 2 aromatic carbocycles. The number of nitrogens with zero attached hydrogens (tertiary/aromatic N) is 3. The molecule has 0 N–H and O–H groups in total. The third kappa shape index (κ3) is 3.58. The van der Waals surface area contributed by atoms with Crippen LogP contribution in [0.25, 0.3) is 0 Å². The summed E-state index contributed by atoms with van der Waals surface area (Å²) in [4.78, 5) is 16.5. The van der Waals surface area contributed by atoms with Crippen molar-refractivity contribution in [2.45, 2.75) is 13.0 Å². The zero-order valence-electron chi connectivity index (χ0n) is 14.5. The number of hydrogen-bond acceptors (Lipinski definition) is 4. The Labute approximate surface area is 148 Å². The van der Waals surface area contributed by atoms with E-state index in [0.717, 1.165) is 24.5 Å². The van der Waals surface area contributed by atoms with Crippen molar-refractivity contribution in [3.8, 4) is 11.8 Å². The molecule has 0 aliphatic carbocycles. The molecule has 3 rings (SSSR count). The first-order valence-corrected chi connectivity index (χ1v) is 8.38. The van der Waals surface area contributed by atoms with Gasteiger partial charge in [0.1, 0.15) is 11.9 Å². The van der Waals surface area contributed by atoms with Gasteiger partial charge in [0.25, 0.3) is 5.91 Å². The Bertz CT molecular complexity index is 813. The van der Waals surface area contributed by atoms with Crippen molar-refractivity contribution >= 4 is 11.6 Å². The van der Waals surface area contributed by atoms with E-state index in [1.807, 2.05) is 18.2 Å². The monoisotopic (exact) mass is 335 g/mol. The lowest BCUT2D eigenvalue weighted by Crippen LogP contribution is -2.46. The Morgan fingerprint density at radius 1 is 1.32 bits per heavy atom. The largest absolute Gasteiger partial charge is 0.485 e. The highest BCUT2D eigenvalue weighted by molar-refractivity contribution is 5.94. The number of carbonyl (C=O) groups excluding carboxylic acids is 1. The molecule has 0 saturated carbocycles. The number of nitriles is 1. The minimum atomic E-state index is -0.109. The lowest BCUT2D eigenvalue weighted by Gasteiger charge is -2.37. The van der Waals surface area contributed by atoms with Gasteiger partial charge in [-0.15, -0.1) is 0 Å². The summed E-state index contributed by atoms with van der Waals surface area (Å²) >= 11 is 0. The van der Waals surface area contributed by atoms with Crippen LogP contribution in [0.1, 0.15) is 22.8 Å². The van der Waals surface area contributed by atoms with Gasteiger partial charge in [-0.1, -0.05) is 18.2 Å². The highest BCUT2D eigenvalue weighted by atomic mass is 16.5. The summed E-state index contributed by atoms with van der Waals surface area (Å²) in [5.41, 5.74) is 2.10. The molecule has 0 fully saturated rings. The van der Waals surface area contributed by atoms with E-state index in [4.69, 9.17) is 10.00 Å². The lowest BCUT2D eigenvalue weighted by atomic mass is 10.1. The first kappa shape index (κ1) is 16.8. The Kier molecular flexibility index (Phi) is 4.90. The smallest absolute Gasteiger partial charge is 0.253 e. The number of amides is 1. The molecule has 1 heterocycles. The normalized spacial score (nSPS) is 15.7. The van der Waals surface area contributed by atoms with E-state index < -0.39 is 0 Å². The fraction of sp³-hybridized carbons (Fsp3) is 0.300. The number of rotatable bonds is 4. The number of benzene rings is 2. The number of carbonyl (C=O) groups is 1. The van der Waals surface area contributed by atoms with E-state index in [1.54, 1.807) is 36.2 Å². The second-order valence-corrected chi connectivity index (χ2v) is 6.12. The SMILES string of the molecule is CCN1C[C@@H](CN(C)C(=O)c2cccc(C#N)c2)Oc2ccccc21. The van der Waals surface area contributed by atoms with Crippen LogP contribution in [0.4, 0.5) is 5.69 Å². The zero-order valence-corrected chi connectivity index (χ0v) is 14.5. The number of fused-ring (bicyclic) bond motifs is 1. The molecule has 5 heteroatoms. The Morgan fingerprint density at radius 2 is 2.12 bits per heavy atom. The van der Waals surface area contributed by atoms with Crippen LogP contribution < -0.4 is 9.64 Å². The Hall–Kier alpha value is -3.00. The van der Waals surface area contributed by atoms with Crippen molar-refractivity contribution in [3.63, 3.8) is 0 Å². The molecule has 1 amide bonds. The van der Waals surface area contributed by atoms with Gasteiger partial charge in [-0.2, -0.15) is 5.26 Å². The van der Waals surface area contributed by atoms with E-state index in [2.05, 4.69) is 24.0 Å². The molecule has 5 nitrogen and oxygen atoms in total. The highest BCUT2D eigenvalue weighted by Crippen LogP contribution is 2.32. The summed E-state index contributed by atoms with van der Waals surface area (Å²) in [6.07, 6.45) is -0.0945. The van der Waals surface area contributed by atoms with E-state index in [1.165, 1.54) is 0 Å². The molecule has 0 saturated heterocycles. The van der Waals surface area contributed by atoms with Gasteiger partial charge in [0.2, 0.25) is 0 Å². The average molecular weight is 335 g/mol. The predicted molar refractivity (Wildman–Crippen MR) is 96.9 cm³/mol. The van der Waals surface area contributed by atoms with Crippen LogP contribution in [0, 0.1) is 11.3 Å². The number of para-hydroxylation sites is 2. The Morgan fingerprint density at radius 3 is 2.88 bits per heavy atom. The molecule has 0 bridgehead atoms. The van der Waals surface area contributed by atoms with Crippen LogP contribution in [0.2, 0.25) is 0 Å². The van der Waals surface area contributed by atoms with Gasteiger partial charge in [-0.3, -0.25) is 4.79 Å². The van der Waals surface area contributed by atoms with Crippen molar-refractivity contribution in [2.75, 3.05) is 31.6 Å². The Balaban J connectivity index is 1.72. The quantitative estimate of drug-likeness (QED) is 0.862. The molecule has 0 unspecified atom stereocenters. The van der Waals surface area contributed by atoms with Crippen LogP contribution in [0.5, 0.6) is 5.75 Å². The molecule has 0 radical (unpaired) electrons. The predicted octanol–water partition coefficient (Wildman–Crippen LogP) is 2.92. The summed E-state index contributed by atoms with van der Waals surface area (Å²) < 4.78 is 6.08. The van der Waals surface area contributed by atoms with E-state index >= 15 is 0 Å². The van der Waals surface area contributed by atoms with Crippen LogP contribution in [-0.2, 0) is 0 Å². The molecule has 0 spiro atoms. The van der Waals surface area contributed by atoms with Crippen LogP contribution in [0.15, 0.2) is 48.5 Å². The van der Waals surface area contributed by atoms with Crippen molar-refractivity contribution in [1.82, 2.24) is 4.90 Å². The summed E-state index contributed by atoms with van der Waals surface area (Å²) in [6.45, 7) is 4.23. The maximum absolute atomic E-state index is 12.6. The fourth-order valence-corrected chi connectivity index (χ4v) is 3.10. The van der Waals surface area contributed by atoms with Crippen LogP contribution in [-0.4, -0.2) is 43.6 Å². The van der Waals surface area contributed by atoms with Gasteiger partial charge in [0, 0.05) is 19.2 Å². The highest BCUT2D eigenvalue weighted by Gasteiger charge is 2.27. The molecular formula is C20H21N3O2. The third-order valence-electron chi connectivity index (χ3n) is 4.37. The van der Waals surface area contributed by atoms with Crippen LogP contribution >= 0.6 is 0 Å². The average Bonchev–Trinajstić information content (AvgIpc) is 2.66. The number of anilines is 1. The fourth-order valence-electron chi connectivity index (χ4n) is 3.10. The minimum absolute atomic E-state index is 0.0945. The van der Waals surface area contributed by atoms with Gasteiger partial charge >= 0.3 is 0 Å². The lowest BCUT2D eigenvalue weighted by molar-refractivity contribution is 0.0709. The second-order valence-electron chi connectivity index (χ2n) is 6.12. The molecular weight excluding hydrogens is 314 g/mol. The maximum atomic E-state index is 12.6. The first-order chi connectivity index (χ1) is 12.1. The number of ether oxygens (including phenoxy) is 1. The minimum Gasteiger partial charge on any atom is -0.485 e. The maximum Gasteiger partial charge on any atom is 0.253 e. The summed E-state index contributed by atoms with van der Waals surface area (Å²) in [5.74, 6) is 0.746. The van der Waals surface area contributed by atoms with Gasteiger partial charge in [-0.25, -0.2) is 0 Å². The zero-order chi connectivity index (χ0) is 17.8. The second kappa shape index (κ2) is 7.27. The van der Waals surface area contributed by atoms with Crippen LogP contribution in [0.3, 0.4) is 0 Å². The van der Waals surface area contributed by atoms with Gasteiger partial charge < -0.3 is 14.5 Å². The summed E-state index contributed by atoms with van der Waals surface area (Å²) in [6, 6.07) is 16.8. The van der Waals surface area contributed by atoms with Crippen molar-refractivity contribution in [2.24, 2.45) is 0 Å². The molecule has 2 aromatic rings. The van der Waals surface area contributed by atoms with Crippen molar-refractivity contribution in [3.05, 3.63) is 59.7 Å². The molecule has 25 heavy (non-hydrogen) atoms. The molecule has 1 aliphatic heterocycles. The topological polar surface area (TPSA) is 56.6 Å². The molecule has 0 aromatic heterocycles. The van der Waals surface area contributed by atoms with Crippen molar-refractivity contribution in [1.29, 1.82) is 5.26 Å².